The molecule has 0 saturated carbocycles. The molecule has 1 heterocycles. The molecule has 0 aromatic heterocycles. The van der Waals surface area contributed by atoms with E-state index in [1.807, 2.05) is 0 Å². The van der Waals surface area contributed by atoms with Crippen molar-refractivity contribution in [3.05, 3.63) is 35.9 Å². The van der Waals surface area contributed by atoms with Gasteiger partial charge in [0.2, 0.25) is 0 Å². The van der Waals surface area contributed by atoms with Gasteiger partial charge in [0, 0.05) is 25.6 Å². The number of hydrogen-bond donors (Lipinski definition) is 1. The molecule has 0 bridgehead atoms. The molecule has 0 spiro atoms. The standard InChI is InChI=1S/C14H22N2/c1-12-7-8-16(10-12)11-14(9-15)13-5-3-2-4-6-13/h2-6,12,14H,7-11,15H2,1H3. The number of likely N-dealkylation sites (tertiary alicyclic amines) is 1. The van der Waals surface area contributed by atoms with Gasteiger partial charge < -0.3 is 10.6 Å². The number of nitrogens with zero attached hydrogens (tertiary/aromatic N) is 1. The third kappa shape index (κ3) is 2.83. The first kappa shape index (κ1) is 11.6. The van der Waals surface area contributed by atoms with Crippen LogP contribution >= 0.6 is 0 Å². The maximum Gasteiger partial charge on any atom is 0.00888 e. The Balaban J connectivity index is 1.96. The highest BCUT2D eigenvalue weighted by Gasteiger charge is 2.21. The summed E-state index contributed by atoms with van der Waals surface area (Å²) in [4.78, 5) is 2.55. The molecule has 88 valence electrons. The monoisotopic (exact) mass is 218 g/mol. The highest BCUT2D eigenvalue weighted by Crippen LogP contribution is 2.21. The molecule has 0 amide bonds. The Morgan fingerprint density at radius 1 is 1.38 bits per heavy atom. The van der Waals surface area contributed by atoms with Crippen LogP contribution in [0.1, 0.15) is 24.8 Å². The molecule has 1 saturated heterocycles. The molecule has 2 unspecified atom stereocenters. The van der Waals surface area contributed by atoms with E-state index in [4.69, 9.17) is 5.73 Å². The van der Waals surface area contributed by atoms with Gasteiger partial charge in [-0.25, -0.2) is 0 Å². The summed E-state index contributed by atoms with van der Waals surface area (Å²) in [6.45, 7) is 6.67. The summed E-state index contributed by atoms with van der Waals surface area (Å²) in [5.74, 6) is 1.35. The van der Waals surface area contributed by atoms with Crippen LogP contribution in [0.5, 0.6) is 0 Å². The zero-order valence-electron chi connectivity index (χ0n) is 10.1. The smallest absolute Gasteiger partial charge is 0.00888 e. The molecule has 2 rings (SSSR count). The van der Waals surface area contributed by atoms with Crippen molar-refractivity contribution < 1.29 is 0 Å². The van der Waals surface area contributed by atoms with Crippen LogP contribution in [0.15, 0.2) is 30.3 Å². The van der Waals surface area contributed by atoms with Gasteiger partial charge in [0.05, 0.1) is 0 Å². The first-order chi connectivity index (χ1) is 7.79. The lowest BCUT2D eigenvalue weighted by Gasteiger charge is -2.22. The molecular formula is C14H22N2. The fourth-order valence-corrected chi connectivity index (χ4v) is 2.55. The fourth-order valence-electron chi connectivity index (χ4n) is 2.55. The van der Waals surface area contributed by atoms with Crippen molar-refractivity contribution in [1.82, 2.24) is 4.90 Å². The molecule has 0 radical (unpaired) electrons. The lowest BCUT2D eigenvalue weighted by atomic mass is 9.99. The summed E-state index contributed by atoms with van der Waals surface area (Å²) in [6.07, 6.45) is 1.34. The largest absolute Gasteiger partial charge is 0.330 e. The Morgan fingerprint density at radius 3 is 2.69 bits per heavy atom. The van der Waals surface area contributed by atoms with Crippen LogP contribution in [0.2, 0.25) is 0 Å². The minimum atomic E-state index is 0.492. The third-order valence-electron chi connectivity index (χ3n) is 3.54. The predicted molar refractivity (Wildman–Crippen MR) is 68.5 cm³/mol. The molecule has 2 atom stereocenters. The van der Waals surface area contributed by atoms with Gasteiger partial charge in [-0.2, -0.15) is 0 Å². The maximum atomic E-state index is 5.89. The summed E-state index contributed by atoms with van der Waals surface area (Å²) in [5.41, 5.74) is 7.27. The average molecular weight is 218 g/mol. The van der Waals surface area contributed by atoms with Crippen molar-refractivity contribution in [2.75, 3.05) is 26.2 Å². The molecule has 2 nitrogen and oxygen atoms in total. The van der Waals surface area contributed by atoms with Crippen LogP contribution in [0.3, 0.4) is 0 Å². The molecule has 1 aromatic rings. The quantitative estimate of drug-likeness (QED) is 0.838. The van der Waals surface area contributed by atoms with Crippen LogP contribution in [0.25, 0.3) is 0 Å². The van der Waals surface area contributed by atoms with Crippen molar-refractivity contribution in [2.45, 2.75) is 19.3 Å². The van der Waals surface area contributed by atoms with Crippen LogP contribution in [-0.2, 0) is 0 Å². The zero-order chi connectivity index (χ0) is 11.4. The minimum Gasteiger partial charge on any atom is -0.330 e. The lowest BCUT2D eigenvalue weighted by Crippen LogP contribution is -2.30. The first-order valence-electron chi connectivity index (χ1n) is 6.27. The van der Waals surface area contributed by atoms with E-state index in [9.17, 15) is 0 Å². The molecule has 2 heteroatoms. The highest BCUT2D eigenvalue weighted by molar-refractivity contribution is 5.20. The molecule has 1 aromatic carbocycles. The van der Waals surface area contributed by atoms with E-state index in [1.165, 1.54) is 25.1 Å². The van der Waals surface area contributed by atoms with Gasteiger partial charge in [-0.15, -0.1) is 0 Å². The van der Waals surface area contributed by atoms with E-state index in [-0.39, 0.29) is 0 Å². The molecular weight excluding hydrogens is 196 g/mol. The van der Waals surface area contributed by atoms with E-state index in [0.29, 0.717) is 5.92 Å². The molecule has 1 aliphatic rings. The van der Waals surface area contributed by atoms with Gasteiger partial charge in [0.25, 0.3) is 0 Å². The van der Waals surface area contributed by atoms with Crippen LogP contribution < -0.4 is 5.73 Å². The maximum absolute atomic E-state index is 5.89. The van der Waals surface area contributed by atoms with Crippen molar-refractivity contribution in [1.29, 1.82) is 0 Å². The van der Waals surface area contributed by atoms with E-state index in [1.54, 1.807) is 0 Å². The number of nitrogens with two attached hydrogens (primary N) is 1. The zero-order valence-corrected chi connectivity index (χ0v) is 10.1. The number of benzene rings is 1. The summed E-state index contributed by atoms with van der Waals surface area (Å²) in [5, 5.41) is 0. The van der Waals surface area contributed by atoms with Crippen molar-refractivity contribution in [2.24, 2.45) is 11.7 Å². The third-order valence-corrected chi connectivity index (χ3v) is 3.54. The second kappa shape index (κ2) is 5.46. The highest BCUT2D eigenvalue weighted by atomic mass is 15.1. The van der Waals surface area contributed by atoms with Crippen molar-refractivity contribution in [3.8, 4) is 0 Å². The number of rotatable bonds is 4. The topological polar surface area (TPSA) is 29.3 Å². The van der Waals surface area contributed by atoms with E-state index in [0.717, 1.165) is 19.0 Å². The molecule has 2 N–H and O–H groups in total. The lowest BCUT2D eigenvalue weighted by molar-refractivity contribution is 0.306. The second-order valence-corrected chi connectivity index (χ2v) is 5.00. The van der Waals surface area contributed by atoms with E-state index in [2.05, 4.69) is 42.2 Å². The average Bonchev–Trinajstić information content (AvgIpc) is 2.73. The van der Waals surface area contributed by atoms with Gasteiger partial charge in [-0.1, -0.05) is 37.3 Å². The Labute approximate surface area is 98.4 Å². The van der Waals surface area contributed by atoms with Crippen LogP contribution in [0.4, 0.5) is 0 Å². The molecule has 0 aliphatic carbocycles. The Bertz CT molecular complexity index is 310. The second-order valence-electron chi connectivity index (χ2n) is 5.00. The van der Waals surface area contributed by atoms with E-state index < -0.39 is 0 Å². The summed E-state index contributed by atoms with van der Waals surface area (Å²) in [6, 6.07) is 10.7. The van der Waals surface area contributed by atoms with Gasteiger partial charge in [0.1, 0.15) is 0 Å². The Morgan fingerprint density at radius 2 is 2.12 bits per heavy atom. The molecule has 1 aliphatic heterocycles. The molecule has 16 heavy (non-hydrogen) atoms. The predicted octanol–water partition coefficient (Wildman–Crippen LogP) is 2.07. The fraction of sp³-hybridized carbons (Fsp3) is 0.571. The van der Waals surface area contributed by atoms with Crippen LogP contribution in [-0.4, -0.2) is 31.1 Å². The molecule has 1 fully saturated rings. The Kier molecular flexibility index (Phi) is 3.97. The Hall–Kier alpha value is -0.860. The SMILES string of the molecule is CC1CCN(CC(CN)c2ccccc2)C1. The van der Waals surface area contributed by atoms with Gasteiger partial charge >= 0.3 is 0 Å². The van der Waals surface area contributed by atoms with E-state index >= 15 is 0 Å². The summed E-state index contributed by atoms with van der Waals surface area (Å²) in [7, 11) is 0. The summed E-state index contributed by atoms with van der Waals surface area (Å²) < 4.78 is 0. The van der Waals surface area contributed by atoms with Gasteiger partial charge in [-0.3, -0.25) is 0 Å². The van der Waals surface area contributed by atoms with Gasteiger partial charge in [0.15, 0.2) is 0 Å². The number of hydrogen-bond acceptors (Lipinski definition) is 2. The van der Waals surface area contributed by atoms with Crippen molar-refractivity contribution >= 4 is 0 Å². The summed E-state index contributed by atoms with van der Waals surface area (Å²) >= 11 is 0. The van der Waals surface area contributed by atoms with Crippen molar-refractivity contribution in [3.63, 3.8) is 0 Å². The van der Waals surface area contributed by atoms with Crippen LogP contribution in [0, 0.1) is 5.92 Å². The first-order valence-corrected chi connectivity index (χ1v) is 6.27. The normalized spacial score (nSPS) is 23.5. The van der Waals surface area contributed by atoms with Gasteiger partial charge in [-0.05, 0) is 24.4 Å². The minimum absolute atomic E-state index is 0.492.